The van der Waals surface area contributed by atoms with Gasteiger partial charge < -0.3 is 10.1 Å². The monoisotopic (exact) mass is 310 g/mol. The molecule has 1 fully saturated rings. The molecule has 2 aromatic rings. The number of carbonyl (C=O) groups is 1. The molecule has 120 valence electrons. The number of rotatable bonds is 5. The lowest BCUT2D eigenvalue weighted by molar-refractivity contribution is -0.117. The molecule has 0 radical (unpaired) electrons. The minimum atomic E-state index is 0.0450. The number of anilines is 1. The highest BCUT2D eigenvalue weighted by Gasteiger charge is 2.13. The van der Waals surface area contributed by atoms with Crippen LogP contribution in [0.2, 0.25) is 0 Å². The van der Waals surface area contributed by atoms with E-state index in [2.05, 4.69) is 10.2 Å². The topological polar surface area (TPSA) is 41.6 Å². The van der Waals surface area contributed by atoms with Crippen LogP contribution in [0.25, 0.3) is 0 Å². The van der Waals surface area contributed by atoms with E-state index in [-0.39, 0.29) is 5.91 Å². The molecule has 0 unspecified atom stereocenters. The number of para-hydroxylation sites is 1. The lowest BCUT2D eigenvalue weighted by atomic mass is 10.1. The molecule has 0 aliphatic carbocycles. The lowest BCUT2D eigenvalue weighted by Crippen LogP contribution is -2.36. The van der Waals surface area contributed by atoms with Gasteiger partial charge in [-0.2, -0.15) is 0 Å². The Balaban J connectivity index is 1.51. The molecule has 1 heterocycles. The Labute approximate surface area is 137 Å². The molecule has 0 bridgehead atoms. The first-order valence-electron chi connectivity index (χ1n) is 8.15. The van der Waals surface area contributed by atoms with E-state index in [1.165, 1.54) is 19.3 Å². The van der Waals surface area contributed by atoms with E-state index < -0.39 is 0 Å². The number of nitrogens with zero attached hydrogens (tertiary/aromatic N) is 1. The van der Waals surface area contributed by atoms with E-state index in [1.807, 2.05) is 54.6 Å². The minimum Gasteiger partial charge on any atom is -0.457 e. The lowest BCUT2D eigenvalue weighted by Gasteiger charge is -2.25. The summed E-state index contributed by atoms with van der Waals surface area (Å²) in [5, 5.41) is 2.94. The normalized spacial score (nSPS) is 15.1. The van der Waals surface area contributed by atoms with Gasteiger partial charge in [0.1, 0.15) is 11.5 Å². The van der Waals surface area contributed by atoms with Crippen LogP contribution in [-0.4, -0.2) is 30.4 Å². The Bertz CT molecular complexity index is 620. The van der Waals surface area contributed by atoms with Crippen molar-refractivity contribution < 1.29 is 9.53 Å². The van der Waals surface area contributed by atoms with Crippen LogP contribution in [0.15, 0.2) is 54.6 Å². The summed E-state index contributed by atoms with van der Waals surface area (Å²) in [7, 11) is 0. The fourth-order valence-electron chi connectivity index (χ4n) is 2.75. The van der Waals surface area contributed by atoms with Crippen molar-refractivity contribution in [2.24, 2.45) is 0 Å². The van der Waals surface area contributed by atoms with Gasteiger partial charge in [0.15, 0.2) is 0 Å². The number of nitrogens with one attached hydrogen (secondary N) is 1. The number of hydrogen-bond donors (Lipinski definition) is 1. The van der Waals surface area contributed by atoms with Crippen LogP contribution in [0.4, 0.5) is 5.69 Å². The summed E-state index contributed by atoms with van der Waals surface area (Å²) in [6, 6.07) is 17.1. The number of hydrogen-bond acceptors (Lipinski definition) is 3. The SMILES string of the molecule is O=C(CN1CCCCC1)Nc1ccc(Oc2ccccc2)cc1. The summed E-state index contributed by atoms with van der Waals surface area (Å²) in [5.74, 6) is 1.60. The van der Waals surface area contributed by atoms with Crippen LogP contribution >= 0.6 is 0 Å². The van der Waals surface area contributed by atoms with Gasteiger partial charge in [0.25, 0.3) is 0 Å². The number of piperidine rings is 1. The molecule has 2 aromatic carbocycles. The van der Waals surface area contributed by atoms with E-state index in [4.69, 9.17) is 4.74 Å². The summed E-state index contributed by atoms with van der Waals surface area (Å²) >= 11 is 0. The smallest absolute Gasteiger partial charge is 0.238 e. The zero-order valence-corrected chi connectivity index (χ0v) is 13.2. The van der Waals surface area contributed by atoms with Crippen LogP contribution in [0, 0.1) is 0 Å². The molecule has 3 rings (SSSR count). The number of likely N-dealkylation sites (tertiary alicyclic amines) is 1. The summed E-state index contributed by atoms with van der Waals surface area (Å²) in [6.07, 6.45) is 3.67. The van der Waals surface area contributed by atoms with Crippen molar-refractivity contribution in [3.8, 4) is 11.5 Å². The Morgan fingerprint density at radius 3 is 2.26 bits per heavy atom. The predicted molar refractivity (Wildman–Crippen MR) is 91.9 cm³/mol. The zero-order valence-electron chi connectivity index (χ0n) is 13.2. The summed E-state index contributed by atoms with van der Waals surface area (Å²) in [4.78, 5) is 14.3. The first-order valence-corrected chi connectivity index (χ1v) is 8.15. The highest BCUT2D eigenvalue weighted by molar-refractivity contribution is 5.92. The van der Waals surface area contributed by atoms with Gasteiger partial charge in [0.2, 0.25) is 5.91 Å². The van der Waals surface area contributed by atoms with Crippen molar-refractivity contribution in [1.29, 1.82) is 0 Å². The van der Waals surface area contributed by atoms with Crippen LogP contribution in [0.5, 0.6) is 11.5 Å². The number of carbonyl (C=O) groups excluding carboxylic acids is 1. The first kappa shape index (κ1) is 15.6. The van der Waals surface area contributed by atoms with Crippen LogP contribution < -0.4 is 10.1 Å². The standard InChI is InChI=1S/C19H22N2O2/c22-19(15-21-13-5-2-6-14-21)20-16-9-11-18(12-10-16)23-17-7-3-1-4-8-17/h1,3-4,7-12H,2,5-6,13-15H2,(H,20,22). The Morgan fingerprint density at radius 1 is 0.913 bits per heavy atom. The molecule has 0 spiro atoms. The van der Waals surface area contributed by atoms with Crippen molar-refractivity contribution >= 4 is 11.6 Å². The largest absolute Gasteiger partial charge is 0.457 e. The third kappa shape index (κ3) is 4.83. The van der Waals surface area contributed by atoms with Crippen LogP contribution in [0.3, 0.4) is 0 Å². The van der Waals surface area contributed by atoms with Gasteiger partial charge in [0.05, 0.1) is 6.54 Å². The van der Waals surface area contributed by atoms with E-state index in [0.29, 0.717) is 6.54 Å². The van der Waals surface area contributed by atoms with Gasteiger partial charge in [-0.25, -0.2) is 0 Å². The first-order chi connectivity index (χ1) is 11.3. The molecule has 1 aliphatic rings. The van der Waals surface area contributed by atoms with Crippen molar-refractivity contribution in [3.05, 3.63) is 54.6 Å². The number of amides is 1. The molecule has 0 saturated carbocycles. The summed E-state index contributed by atoms with van der Waals surface area (Å²) in [6.45, 7) is 2.52. The van der Waals surface area contributed by atoms with Gasteiger partial charge in [-0.15, -0.1) is 0 Å². The van der Waals surface area contributed by atoms with Gasteiger partial charge >= 0.3 is 0 Å². The molecule has 1 amide bonds. The predicted octanol–water partition coefficient (Wildman–Crippen LogP) is 3.90. The van der Waals surface area contributed by atoms with E-state index in [0.717, 1.165) is 30.3 Å². The third-order valence-corrected chi connectivity index (χ3v) is 3.93. The zero-order chi connectivity index (χ0) is 15.9. The second-order valence-electron chi connectivity index (χ2n) is 5.82. The van der Waals surface area contributed by atoms with Crippen molar-refractivity contribution in [2.45, 2.75) is 19.3 Å². The Morgan fingerprint density at radius 2 is 1.57 bits per heavy atom. The van der Waals surface area contributed by atoms with Crippen LogP contribution in [0.1, 0.15) is 19.3 Å². The highest BCUT2D eigenvalue weighted by Crippen LogP contribution is 2.22. The summed E-state index contributed by atoms with van der Waals surface area (Å²) < 4.78 is 5.74. The minimum absolute atomic E-state index is 0.0450. The fraction of sp³-hybridized carbons (Fsp3) is 0.316. The van der Waals surface area contributed by atoms with Gasteiger partial charge in [-0.3, -0.25) is 9.69 Å². The highest BCUT2D eigenvalue weighted by atomic mass is 16.5. The molecule has 23 heavy (non-hydrogen) atoms. The number of ether oxygens (including phenoxy) is 1. The van der Waals surface area contributed by atoms with Crippen molar-refractivity contribution in [3.63, 3.8) is 0 Å². The maximum absolute atomic E-state index is 12.1. The molecule has 4 nitrogen and oxygen atoms in total. The maximum atomic E-state index is 12.1. The Hall–Kier alpha value is -2.33. The van der Waals surface area contributed by atoms with E-state index in [1.54, 1.807) is 0 Å². The average molecular weight is 310 g/mol. The average Bonchev–Trinajstić information content (AvgIpc) is 2.58. The van der Waals surface area contributed by atoms with E-state index >= 15 is 0 Å². The van der Waals surface area contributed by atoms with Gasteiger partial charge in [-0.1, -0.05) is 24.6 Å². The summed E-state index contributed by atoms with van der Waals surface area (Å²) in [5.41, 5.74) is 0.799. The molecule has 1 saturated heterocycles. The molecular weight excluding hydrogens is 288 g/mol. The second kappa shape index (κ2) is 7.79. The Kier molecular flexibility index (Phi) is 5.27. The molecule has 0 aromatic heterocycles. The second-order valence-corrected chi connectivity index (χ2v) is 5.82. The van der Waals surface area contributed by atoms with Crippen molar-refractivity contribution in [1.82, 2.24) is 4.90 Å². The van der Waals surface area contributed by atoms with Crippen LogP contribution in [-0.2, 0) is 4.79 Å². The molecule has 0 atom stereocenters. The third-order valence-electron chi connectivity index (χ3n) is 3.93. The molecule has 1 aliphatic heterocycles. The van der Waals surface area contributed by atoms with Crippen molar-refractivity contribution in [2.75, 3.05) is 25.0 Å². The molecular formula is C19H22N2O2. The van der Waals surface area contributed by atoms with E-state index in [9.17, 15) is 4.79 Å². The fourth-order valence-corrected chi connectivity index (χ4v) is 2.75. The number of benzene rings is 2. The maximum Gasteiger partial charge on any atom is 0.238 e. The van der Waals surface area contributed by atoms with Gasteiger partial charge in [-0.05, 0) is 62.3 Å². The quantitative estimate of drug-likeness (QED) is 0.910. The van der Waals surface area contributed by atoms with Gasteiger partial charge in [0, 0.05) is 5.69 Å². The molecule has 4 heteroatoms. The molecule has 1 N–H and O–H groups in total.